The number of aliphatic hydroxyl groups excluding tert-OH is 1. The lowest BCUT2D eigenvalue weighted by molar-refractivity contribution is 0.239. The number of rotatable bonds is 5. The van der Waals surface area contributed by atoms with Crippen LogP contribution in [-0.4, -0.2) is 34.3 Å². The molecule has 27 heavy (non-hydrogen) atoms. The molecule has 0 spiro atoms. The van der Waals surface area contributed by atoms with E-state index in [9.17, 15) is 5.11 Å². The van der Waals surface area contributed by atoms with E-state index in [1.54, 1.807) is 6.33 Å². The first-order valence-corrected chi connectivity index (χ1v) is 9.61. The van der Waals surface area contributed by atoms with Crippen molar-refractivity contribution in [2.45, 2.75) is 45.2 Å². The molecular weight excluding hydrogens is 340 g/mol. The first kappa shape index (κ1) is 17.8. The highest BCUT2D eigenvalue weighted by molar-refractivity contribution is 5.82. The average Bonchev–Trinajstić information content (AvgIpc) is 3.05. The van der Waals surface area contributed by atoms with E-state index in [1.807, 2.05) is 24.3 Å². The minimum atomic E-state index is -0.0184. The molecule has 0 bridgehead atoms. The minimum absolute atomic E-state index is 0.0184. The van der Waals surface area contributed by atoms with Gasteiger partial charge in [-0.2, -0.15) is 0 Å². The number of aryl methyl sites for hydroxylation is 1. The van der Waals surface area contributed by atoms with Crippen molar-refractivity contribution in [3.63, 3.8) is 0 Å². The Morgan fingerprint density at radius 1 is 1.30 bits per heavy atom. The Balaban J connectivity index is 1.56. The summed E-state index contributed by atoms with van der Waals surface area (Å²) >= 11 is 0. The minimum Gasteiger partial charge on any atom is -0.459 e. The lowest BCUT2D eigenvalue weighted by Crippen LogP contribution is -2.42. The van der Waals surface area contributed by atoms with Crippen LogP contribution in [0.25, 0.3) is 11.0 Å². The van der Waals surface area contributed by atoms with Crippen LogP contribution in [0, 0.1) is 6.92 Å². The van der Waals surface area contributed by atoms with Crippen molar-refractivity contribution in [2.75, 3.05) is 23.4 Å². The fourth-order valence-corrected chi connectivity index (χ4v) is 3.97. The maximum Gasteiger partial charge on any atom is 0.134 e. The smallest absolute Gasteiger partial charge is 0.134 e. The van der Waals surface area contributed by atoms with Crippen molar-refractivity contribution in [1.82, 2.24) is 9.97 Å². The molecule has 1 aliphatic rings. The van der Waals surface area contributed by atoms with E-state index in [0.717, 1.165) is 59.7 Å². The summed E-state index contributed by atoms with van der Waals surface area (Å²) in [5, 5.41) is 14.3. The van der Waals surface area contributed by atoms with Gasteiger partial charge < -0.3 is 19.7 Å². The Kier molecular flexibility index (Phi) is 4.99. The first-order valence-electron chi connectivity index (χ1n) is 9.61. The molecule has 0 radical (unpaired) electrons. The van der Waals surface area contributed by atoms with Gasteiger partial charge in [-0.1, -0.05) is 18.2 Å². The Bertz CT molecular complexity index is 923. The number of nitrogens with one attached hydrogen (secondary N) is 1. The zero-order chi connectivity index (χ0) is 18.8. The van der Waals surface area contributed by atoms with Gasteiger partial charge in [0, 0.05) is 23.6 Å². The third-order valence-electron chi connectivity index (χ3n) is 5.42. The lowest BCUT2D eigenvalue weighted by atomic mass is 10.0. The van der Waals surface area contributed by atoms with Crippen LogP contribution in [-0.2, 0) is 0 Å². The Morgan fingerprint density at radius 3 is 2.96 bits per heavy atom. The largest absolute Gasteiger partial charge is 0.459 e. The molecule has 1 aromatic carbocycles. The van der Waals surface area contributed by atoms with Crippen LogP contribution in [0.3, 0.4) is 0 Å². The van der Waals surface area contributed by atoms with Gasteiger partial charge in [-0.25, -0.2) is 9.97 Å². The fraction of sp³-hybridized carbons (Fsp3) is 0.429. The highest BCUT2D eigenvalue weighted by Crippen LogP contribution is 2.31. The SMILES string of the molecule is Cc1c([C@H](C)Nc2cc(N3CCCCC3CO)ncn2)oc2ccccc12. The highest BCUT2D eigenvalue weighted by Gasteiger charge is 2.23. The number of piperidine rings is 1. The van der Waals surface area contributed by atoms with Gasteiger partial charge in [-0.3, -0.25) is 0 Å². The highest BCUT2D eigenvalue weighted by atomic mass is 16.3. The van der Waals surface area contributed by atoms with E-state index in [0.29, 0.717) is 0 Å². The van der Waals surface area contributed by atoms with Gasteiger partial charge in [0.05, 0.1) is 18.7 Å². The summed E-state index contributed by atoms with van der Waals surface area (Å²) in [5.41, 5.74) is 2.05. The molecule has 2 atom stereocenters. The molecule has 1 unspecified atom stereocenters. The third kappa shape index (κ3) is 3.49. The van der Waals surface area contributed by atoms with Gasteiger partial charge in [-0.15, -0.1) is 0 Å². The summed E-state index contributed by atoms with van der Waals surface area (Å²) < 4.78 is 6.06. The average molecular weight is 366 g/mol. The maximum atomic E-state index is 9.67. The van der Waals surface area contributed by atoms with Crippen LogP contribution >= 0.6 is 0 Å². The number of hydrogen-bond donors (Lipinski definition) is 2. The second kappa shape index (κ2) is 7.56. The standard InChI is InChI=1S/C21H26N4O2/c1-14-17-8-3-4-9-18(17)27-21(14)15(2)24-19-11-20(23-13-22-19)25-10-6-5-7-16(25)12-26/h3-4,8-9,11,13,15-16,26H,5-7,10,12H2,1-2H3,(H,22,23,24)/t15-,16?/m0/s1. The Labute approximate surface area is 159 Å². The second-order valence-electron chi connectivity index (χ2n) is 7.24. The predicted molar refractivity (Wildman–Crippen MR) is 107 cm³/mol. The molecule has 3 aromatic rings. The molecule has 3 heterocycles. The molecule has 2 aromatic heterocycles. The maximum absolute atomic E-state index is 9.67. The van der Waals surface area contributed by atoms with Crippen LogP contribution < -0.4 is 10.2 Å². The normalized spacial score (nSPS) is 18.6. The summed E-state index contributed by atoms with van der Waals surface area (Å²) in [4.78, 5) is 11.0. The zero-order valence-electron chi connectivity index (χ0n) is 15.9. The Hall–Kier alpha value is -2.60. The van der Waals surface area contributed by atoms with Crippen molar-refractivity contribution in [1.29, 1.82) is 0 Å². The van der Waals surface area contributed by atoms with E-state index in [2.05, 4.69) is 40.1 Å². The quantitative estimate of drug-likeness (QED) is 0.709. The molecule has 2 N–H and O–H groups in total. The number of fused-ring (bicyclic) bond motifs is 1. The molecule has 6 nitrogen and oxygen atoms in total. The summed E-state index contributed by atoms with van der Waals surface area (Å²) in [7, 11) is 0. The molecule has 4 rings (SSSR count). The summed E-state index contributed by atoms with van der Waals surface area (Å²) in [5.74, 6) is 2.54. The summed E-state index contributed by atoms with van der Waals surface area (Å²) in [6.07, 6.45) is 4.86. The van der Waals surface area contributed by atoms with E-state index in [4.69, 9.17) is 4.42 Å². The molecule has 0 amide bonds. The second-order valence-corrected chi connectivity index (χ2v) is 7.24. The van der Waals surface area contributed by atoms with Gasteiger partial charge in [0.15, 0.2) is 0 Å². The molecule has 6 heteroatoms. The van der Waals surface area contributed by atoms with Gasteiger partial charge in [-0.05, 0) is 39.2 Å². The molecular formula is C21H26N4O2. The van der Waals surface area contributed by atoms with Crippen molar-refractivity contribution < 1.29 is 9.52 Å². The number of aliphatic hydroxyl groups is 1. The number of nitrogens with zero attached hydrogens (tertiary/aromatic N) is 3. The van der Waals surface area contributed by atoms with Crippen molar-refractivity contribution in [3.05, 3.63) is 48.0 Å². The third-order valence-corrected chi connectivity index (χ3v) is 5.42. The van der Waals surface area contributed by atoms with E-state index in [1.165, 1.54) is 0 Å². The lowest BCUT2D eigenvalue weighted by Gasteiger charge is -2.35. The molecule has 1 fully saturated rings. The summed E-state index contributed by atoms with van der Waals surface area (Å²) in [6.45, 7) is 5.23. The van der Waals surface area contributed by atoms with Crippen LogP contribution in [0.15, 0.2) is 41.1 Å². The Morgan fingerprint density at radius 2 is 2.15 bits per heavy atom. The fourth-order valence-electron chi connectivity index (χ4n) is 3.97. The van der Waals surface area contributed by atoms with Crippen LogP contribution in [0.2, 0.25) is 0 Å². The van der Waals surface area contributed by atoms with Crippen LogP contribution in [0.5, 0.6) is 0 Å². The molecule has 1 aliphatic heterocycles. The van der Waals surface area contributed by atoms with Gasteiger partial charge >= 0.3 is 0 Å². The number of para-hydroxylation sites is 1. The number of anilines is 2. The number of furan rings is 1. The number of benzene rings is 1. The van der Waals surface area contributed by atoms with E-state index >= 15 is 0 Å². The van der Waals surface area contributed by atoms with Crippen molar-refractivity contribution >= 4 is 22.6 Å². The van der Waals surface area contributed by atoms with E-state index < -0.39 is 0 Å². The topological polar surface area (TPSA) is 74.4 Å². The van der Waals surface area contributed by atoms with Gasteiger partial charge in [0.1, 0.15) is 29.3 Å². The molecule has 1 saturated heterocycles. The van der Waals surface area contributed by atoms with Gasteiger partial charge in [0.2, 0.25) is 0 Å². The molecule has 142 valence electrons. The number of hydrogen-bond acceptors (Lipinski definition) is 6. The van der Waals surface area contributed by atoms with Crippen LogP contribution in [0.4, 0.5) is 11.6 Å². The van der Waals surface area contributed by atoms with Crippen LogP contribution in [0.1, 0.15) is 43.6 Å². The zero-order valence-corrected chi connectivity index (χ0v) is 15.9. The molecule has 0 aliphatic carbocycles. The van der Waals surface area contributed by atoms with E-state index in [-0.39, 0.29) is 18.7 Å². The summed E-state index contributed by atoms with van der Waals surface area (Å²) in [6, 6.07) is 10.2. The van der Waals surface area contributed by atoms with Gasteiger partial charge in [0.25, 0.3) is 0 Å². The van der Waals surface area contributed by atoms with Crippen molar-refractivity contribution in [3.8, 4) is 0 Å². The first-order chi connectivity index (χ1) is 13.2. The predicted octanol–water partition coefficient (Wildman–Crippen LogP) is 4.06. The molecule has 0 saturated carbocycles. The monoisotopic (exact) mass is 366 g/mol. The number of aromatic nitrogens is 2. The van der Waals surface area contributed by atoms with Crippen molar-refractivity contribution in [2.24, 2.45) is 0 Å².